The minimum Gasteiger partial charge on any atom is -0.477 e. The van der Waals surface area contributed by atoms with Gasteiger partial charge in [0.25, 0.3) is 0 Å². The average Bonchev–Trinajstić information content (AvgIpc) is 3.20. The molecule has 0 aliphatic carbocycles. The van der Waals surface area contributed by atoms with E-state index < -0.39 is 12.1 Å². The van der Waals surface area contributed by atoms with Crippen LogP contribution in [-0.4, -0.2) is 82.3 Å². The van der Waals surface area contributed by atoms with E-state index in [1.807, 2.05) is 14.0 Å². The maximum atomic E-state index is 12.4. The van der Waals surface area contributed by atoms with Crippen molar-refractivity contribution in [3.8, 4) is 0 Å². The summed E-state index contributed by atoms with van der Waals surface area (Å²) in [5.74, 6) is -1.61. The van der Waals surface area contributed by atoms with Crippen LogP contribution in [0, 0.1) is 11.8 Å². The molecule has 0 spiro atoms. The zero-order valence-corrected chi connectivity index (χ0v) is 16.5. The van der Waals surface area contributed by atoms with Crippen molar-refractivity contribution in [2.45, 2.75) is 49.6 Å². The summed E-state index contributed by atoms with van der Waals surface area (Å²) in [6.07, 6.45) is 1.36. The Labute approximate surface area is 163 Å². The second kappa shape index (κ2) is 8.48. The van der Waals surface area contributed by atoms with Crippen LogP contribution in [0.15, 0.2) is 10.6 Å². The number of nitrogens with one attached hydrogen (secondary N) is 2. The van der Waals surface area contributed by atoms with Crippen molar-refractivity contribution in [2.24, 2.45) is 11.8 Å². The largest absolute Gasteiger partial charge is 0.477 e. The van der Waals surface area contributed by atoms with E-state index >= 15 is 0 Å². The minimum absolute atomic E-state index is 0.00207. The van der Waals surface area contributed by atoms with E-state index in [1.54, 1.807) is 0 Å². The quantitative estimate of drug-likeness (QED) is 0.331. The molecule has 9 heteroatoms. The van der Waals surface area contributed by atoms with E-state index in [0.29, 0.717) is 19.4 Å². The van der Waals surface area contributed by atoms with Crippen molar-refractivity contribution in [3.05, 3.63) is 10.6 Å². The number of carboxylic acid groups (broad SMARTS) is 1. The summed E-state index contributed by atoms with van der Waals surface area (Å²) in [7, 11) is 1.85. The maximum absolute atomic E-state index is 12.4. The number of aliphatic hydroxyl groups is 2. The molecule has 8 nitrogen and oxygen atoms in total. The normalized spacial score (nSPS) is 34.0. The summed E-state index contributed by atoms with van der Waals surface area (Å²) in [5.41, 5.74) is 0.107. The predicted octanol–water partition coefficient (Wildman–Crippen LogP) is -0.424. The van der Waals surface area contributed by atoms with Crippen molar-refractivity contribution >= 4 is 23.6 Å². The Morgan fingerprint density at radius 1 is 1.48 bits per heavy atom. The topological polar surface area (TPSA) is 122 Å². The van der Waals surface area contributed by atoms with Crippen molar-refractivity contribution in [3.63, 3.8) is 0 Å². The number of aliphatic hydroxyl groups excluding tert-OH is 2. The number of nitrogens with zero attached hydrogens (tertiary/aromatic N) is 1. The molecule has 0 bridgehead atoms. The Balaban J connectivity index is 1.69. The third-order valence-electron chi connectivity index (χ3n) is 5.88. The van der Waals surface area contributed by atoms with Gasteiger partial charge in [-0.25, -0.2) is 4.79 Å². The molecule has 5 N–H and O–H groups in total. The molecule has 0 radical (unpaired) electrons. The smallest absolute Gasteiger partial charge is 0.353 e. The van der Waals surface area contributed by atoms with Gasteiger partial charge in [-0.2, -0.15) is 0 Å². The van der Waals surface area contributed by atoms with Crippen molar-refractivity contribution in [1.29, 1.82) is 0 Å². The second-order valence-corrected chi connectivity index (χ2v) is 8.92. The van der Waals surface area contributed by atoms with E-state index in [2.05, 4.69) is 10.6 Å². The molecule has 0 aromatic carbocycles. The van der Waals surface area contributed by atoms with Gasteiger partial charge in [0.1, 0.15) is 5.70 Å². The SMILES string of the molecule is CNCCC(O)C1CC(SC2=C(C(=O)O)N3C(=O)C(CCO)C3C2C)CN1. The van der Waals surface area contributed by atoms with E-state index in [0.717, 1.165) is 17.9 Å². The molecule has 3 heterocycles. The molecule has 6 unspecified atom stereocenters. The summed E-state index contributed by atoms with van der Waals surface area (Å²) < 4.78 is 0. The number of carbonyl (C=O) groups is 2. The standard InChI is InChI=1S/C18H29N3O5S/c1-9-14-11(4-6-22)17(24)21(14)15(18(25)26)16(9)27-10-7-12(20-8-10)13(23)3-5-19-2/h9-14,19-20,22-23H,3-8H2,1-2H3,(H,25,26). The number of thioether (sulfide) groups is 1. The van der Waals surface area contributed by atoms with E-state index in [9.17, 15) is 24.9 Å². The molecule has 3 aliphatic rings. The van der Waals surface area contributed by atoms with Crippen LogP contribution >= 0.6 is 11.8 Å². The first kappa shape index (κ1) is 20.6. The van der Waals surface area contributed by atoms with Crippen LogP contribution in [0.2, 0.25) is 0 Å². The first-order valence-electron chi connectivity index (χ1n) is 9.54. The number of hydrogen-bond donors (Lipinski definition) is 5. The van der Waals surface area contributed by atoms with Gasteiger partial charge in [0.05, 0.1) is 18.1 Å². The number of rotatable bonds is 9. The van der Waals surface area contributed by atoms with Crippen molar-refractivity contribution < 1.29 is 24.9 Å². The highest BCUT2D eigenvalue weighted by molar-refractivity contribution is 8.03. The predicted molar refractivity (Wildman–Crippen MR) is 102 cm³/mol. The van der Waals surface area contributed by atoms with Crippen LogP contribution in [-0.2, 0) is 9.59 Å². The highest BCUT2D eigenvalue weighted by Gasteiger charge is 2.58. The van der Waals surface area contributed by atoms with Gasteiger partial charge >= 0.3 is 5.97 Å². The second-order valence-electron chi connectivity index (χ2n) is 7.57. The number of hydrogen-bond acceptors (Lipinski definition) is 7. The monoisotopic (exact) mass is 399 g/mol. The van der Waals surface area contributed by atoms with Gasteiger partial charge in [-0.05, 0) is 32.9 Å². The number of carboxylic acids is 1. The Kier molecular flexibility index (Phi) is 6.47. The highest BCUT2D eigenvalue weighted by atomic mass is 32.2. The zero-order valence-electron chi connectivity index (χ0n) is 15.7. The van der Waals surface area contributed by atoms with Gasteiger partial charge in [-0.3, -0.25) is 4.79 Å². The first-order chi connectivity index (χ1) is 12.9. The number of amides is 1. The fourth-order valence-corrected chi connectivity index (χ4v) is 5.98. The summed E-state index contributed by atoms with van der Waals surface area (Å²) in [6, 6.07) is -0.160. The van der Waals surface area contributed by atoms with E-state index in [1.165, 1.54) is 16.7 Å². The molecule has 27 heavy (non-hydrogen) atoms. The number of fused-ring (bicyclic) bond motifs is 1. The lowest BCUT2D eigenvalue weighted by atomic mass is 9.80. The molecular weight excluding hydrogens is 370 g/mol. The number of carbonyl (C=O) groups excluding carboxylic acids is 1. The van der Waals surface area contributed by atoms with E-state index in [4.69, 9.17) is 0 Å². The van der Waals surface area contributed by atoms with Crippen LogP contribution in [0.5, 0.6) is 0 Å². The third-order valence-corrected chi connectivity index (χ3v) is 7.39. The molecule has 0 saturated carbocycles. The van der Waals surface area contributed by atoms with Gasteiger partial charge in [0.15, 0.2) is 0 Å². The number of β-lactam (4-membered cyclic amide) rings is 1. The molecule has 1 amide bonds. The van der Waals surface area contributed by atoms with Gasteiger partial charge in [-0.1, -0.05) is 6.92 Å². The van der Waals surface area contributed by atoms with Crippen LogP contribution < -0.4 is 10.6 Å². The van der Waals surface area contributed by atoms with Gasteiger partial charge in [-0.15, -0.1) is 11.8 Å². The Bertz CT molecular complexity index is 628. The van der Waals surface area contributed by atoms with E-state index in [-0.39, 0.29) is 47.4 Å². The van der Waals surface area contributed by atoms with Crippen molar-refractivity contribution in [1.82, 2.24) is 15.5 Å². The van der Waals surface area contributed by atoms with Crippen LogP contribution in [0.1, 0.15) is 26.2 Å². The molecule has 0 aromatic heterocycles. The van der Waals surface area contributed by atoms with Crippen LogP contribution in [0.25, 0.3) is 0 Å². The van der Waals surface area contributed by atoms with Gasteiger partial charge in [0.2, 0.25) is 5.91 Å². The van der Waals surface area contributed by atoms with Gasteiger partial charge < -0.3 is 30.9 Å². The van der Waals surface area contributed by atoms with Crippen LogP contribution in [0.4, 0.5) is 0 Å². The zero-order chi connectivity index (χ0) is 19.7. The molecule has 0 aromatic rings. The summed E-state index contributed by atoms with van der Waals surface area (Å²) in [4.78, 5) is 26.4. The average molecular weight is 400 g/mol. The van der Waals surface area contributed by atoms with Gasteiger partial charge in [0, 0.05) is 35.3 Å². The summed E-state index contributed by atoms with van der Waals surface area (Å²) >= 11 is 1.53. The molecular formula is C18H29N3O5S. The lowest BCUT2D eigenvalue weighted by Gasteiger charge is -2.45. The highest BCUT2D eigenvalue weighted by Crippen LogP contribution is 2.51. The molecule has 3 aliphatic heterocycles. The lowest BCUT2D eigenvalue weighted by Crippen LogP contribution is -2.60. The maximum Gasteiger partial charge on any atom is 0.353 e. The van der Waals surface area contributed by atoms with Crippen molar-refractivity contribution in [2.75, 3.05) is 26.7 Å². The minimum atomic E-state index is -1.07. The molecule has 2 saturated heterocycles. The summed E-state index contributed by atoms with van der Waals surface area (Å²) in [5, 5.41) is 35.7. The molecule has 3 rings (SSSR count). The Morgan fingerprint density at radius 3 is 2.85 bits per heavy atom. The molecule has 152 valence electrons. The fraction of sp³-hybridized carbons (Fsp3) is 0.778. The Morgan fingerprint density at radius 2 is 2.22 bits per heavy atom. The number of aliphatic carboxylic acids is 1. The first-order valence-corrected chi connectivity index (χ1v) is 10.4. The third kappa shape index (κ3) is 3.75. The Hall–Kier alpha value is -1.13. The molecule has 6 atom stereocenters. The molecule has 2 fully saturated rings. The lowest BCUT2D eigenvalue weighted by molar-refractivity contribution is -0.157. The van der Waals surface area contributed by atoms with Crippen LogP contribution in [0.3, 0.4) is 0 Å². The fourth-order valence-electron chi connectivity index (χ4n) is 4.48. The summed E-state index contributed by atoms with van der Waals surface area (Å²) in [6.45, 7) is 3.34.